The van der Waals surface area contributed by atoms with E-state index in [1.165, 1.54) is 11.1 Å². The largest absolute Gasteiger partial charge is 0.493 e. The van der Waals surface area contributed by atoms with Crippen LogP contribution in [0.1, 0.15) is 47.0 Å². The Hall–Kier alpha value is -2.30. The summed E-state index contributed by atoms with van der Waals surface area (Å²) in [5.41, 5.74) is 5.74. The standard InChI is InChI=1S/C20H25N3O2/c1-13-20(14(2)22(3)21-13)17-5-4-9-23(17)19(24)12-15-6-7-18-16(11-15)8-10-25-18/h6-7,11,17H,4-5,8-10,12H2,1-3H3/t17-/m1/s1. The SMILES string of the molecule is Cc1nn(C)c(C)c1[C@H]1CCCN1C(=O)Cc1ccc2c(c1)CCO2. The first kappa shape index (κ1) is 16.2. The Labute approximate surface area is 148 Å². The number of hydrogen-bond acceptors (Lipinski definition) is 3. The molecule has 0 spiro atoms. The Morgan fingerprint density at radius 1 is 1.36 bits per heavy atom. The van der Waals surface area contributed by atoms with Gasteiger partial charge in [0.25, 0.3) is 0 Å². The molecule has 3 heterocycles. The van der Waals surface area contributed by atoms with Crippen molar-refractivity contribution in [2.75, 3.05) is 13.2 Å². The van der Waals surface area contributed by atoms with Crippen molar-refractivity contribution in [1.82, 2.24) is 14.7 Å². The maximum Gasteiger partial charge on any atom is 0.227 e. The molecule has 0 radical (unpaired) electrons. The number of fused-ring (bicyclic) bond motifs is 1. The second kappa shape index (κ2) is 6.21. The summed E-state index contributed by atoms with van der Waals surface area (Å²) >= 11 is 0. The van der Waals surface area contributed by atoms with Gasteiger partial charge in [0.1, 0.15) is 5.75 Å². The van der Waals surface area contributed by atoms with Gasteiger partial charge in [-0.1, -0.05) is 12.1 Å². The van der Waals surface area contributed by atoms with E-state index in [4.69, 9.17) is 4.74 Å². The van der Waals surface area contributed by atoms with E-state index in [0.717, 1.165) is 55.1 Å². The van der Waals surface area contributed by atoms with Crippen LogP contribution < -0.4 is 4.74 Å². The summed E-state index contributed by atoms with van der Waals surface area (Å²) < 4.78 is 7.48. The van der Waals surface area contributed by atoms with Crippen molar-refractivity contribution in [2.24, 2.45) is 7.05 Å². The van der Waals surface area contributed by atoms with Crippen molar-refractivity contribution in [1.29, 1.82) is 0 Å². The van der Waals surface area contributed by atoms with E-state index in [9.17, 15) is 4.79 Å². The van der Waals surface area contributed by atoms with Gasteiger partial charge in [0.2, 0.25) is 5.91 Å². The molecule has 0 bridgehead atoms. The number of amides is 1. The Kier molecular flexibility index (Phi) is 4.02. The van der Waals surface area contributed by atoms with Gasteiger partial charge in [-0.3, -0.25) is 9.48 Å². The van der Waals surface area contributed by atoms with Crippen LogP contribution in [-0.2, 0) is 24.7 Å². The molecule has 1 saturated heterocycles. The van der Waals surface area contributed by atoms with E-state index in [1.807, 2.05) is 30.8 Å². The van der Waals surface area contributed by atoms with Gasteiger partial charge in [0.15, 0.2) is 0 Å². The molecule has 0 saturated carbocycles. The van der Waals surface area contributed by atoms with Crippen molar-refractivity contribution >= 4 is 5.91 Å². The summed E-state index contributed by atoms with van der Waals surface area (Å²) in [6, 6.07) is 6.32. The Morgan fingerprint density at radius 2 is 2.20 bits per heavy atom. The van der Waals surface area contributed by atoms with Crippen molar-refractivity contribution in [3.8, 4) is 5.75 Å². The predicted molar refractivity (Wildman–Crippen MR) is 95.7 cm³/mol. The van der Waals surface area contributed by atoms with Crippen molar-refractivity contribution in [3.63, 3.8) is 0 Å². The minimum Gasteiger partial charge on any atom is -0.493 e. The minimum atomic E-state index is 0.166. The average Bonchev–Trinajstić information content (AvgIpc) is 3.27. The van der Waals surface area contributed by atoms with Crippen LogP contribution in [-0.4, -0.2) is 33.7 Å². The molecule has 2 aliphatic rings. The van der Waals surface area contributed by atoms with Gasteiger partial charge in [-0.05, 0) is 43.9 Å². The molecule has 2 aromatic rings. The first-order valence-electron chi connectivity index (χ1n) is 9.09. The molecule has 1 atom stereocenters. The number of carbonyl (C=O) groups is 1. The molecule has 5 nitrogen and oxygen atoms in total. The first-order valence-corrected chi connectivity index (χ1v) is 9.09. The maximum atomic E-state index is 13.0. The Bertz CT molecular complexity index is 825. The molecule has 1 aromatic heterocycles. The number of aromatic nitrogens is 2. The van der Waals surface area contributed by atoms with Crippen LogP contribution in [0.5, 0.6) is 5.75 Å². The zero-order chi connectivity index (χ0) is 17.6. The lowest BCUT2D eigenvalue weighted by molar-refractivity contribution is -0.131. The highest BCUT2D eigenvalue weighted by Gasteiger charge is 2.33. The number of likely N-dealkylation sites (tertiary alicyclic amines) is 1. The summed E-state index contributed by atoms with van der Waals surface area (Å²) in [6.45, 7) is 5.73. The number of aryl methyl sites for hydroxylation is 2. The van der Waals surface area contributed by atoms with Gasteiger partial charge in [0.05, 0.1) is 24.8 Å². The van der Waals surface area contributed by atoms with Gasteiger partial charge in [-0.25, -0.2) is 0 Å². The lowest BCUT2D eigenvalue weighted by Crippen LogP contribution is -2.32. The lowest BCUT2D eigenvalue weighted by Gasteiger charge is -2.25. The quantitative estimate of drug-likeness (QED) is 0.864. The zero-order valence-corrected chi connectivity index (χ0v) is 15.2. The molecule has 132 valence electrons. The van der Waals surface area contributed by atoms with E-state index < -0.39 is 0 Å². The minimum absolute atomic E-state index is 0.166. The van der Waals surface area contributed by atoms with Crippen LogP contribution in [0.2, 0.25) is 0 Å². The fourth-order valence-corrected chi connectivity index (χ4v) is 4.26. The molecule has 1 fully saturated rings. The van der Waals surface area contributed by atoms with E-state index >= 15 is 0 Å². The smallest absolute Gasteiger partial charge is 0.227 e. The monoisotopic (exact) mass is 339 g/mol. The van der Waals surface area contributed by atoms with E-state index in [1.54, 1.807) is 0 Å². The van der Waals surface area contributed by atoms with Crippen LogP contribution >= 0.6 is 0 Å². The number of hydrogen-bond donors (Lipinski definition) is 0. The van der Waals surface area contributed by atoms with Gasteiger partial charge < -0.3 is 9.64 Å². The topological polar surface area (TPSA) is 47.4 Å². The molecule has 0 N–H and O–H groups in total. The first-order chi connectivity index (χ1) is 12.0. The number of carbonyl (C=O) groups excluding carboxylic acids is 1. The molecule has 4 rings (SSSR count). The number of nitrogens with zero attached hydrogens (tertiary/aromatic N) is 3. The fraction of sp³-hybridized carbons (Fsp3) is 0.500. The van der Waals surface area contributed by atoms with Gasteiger partial charge >= 0.3 is 0 Å². The van der Waals surface area contributed by atoms with E-state index in [2.05, 4.69) is 23.0 Å². The summed E-state index contributed by atoms with van der Waals surface area (Å²) in [4.78, 5) is 15.1. The van der Waals surface area contributed by atoms with Gasteiger partial charge in [0, 0.05) is 31.3 Å². The highest BCUT2D eigenvalue weighted by Crippen LogP contribution is 2.36. The summed E-state index contributed by atoms with van der Waals surface area (Å²) in [6.07, 6.45) is 3.49. The zero-order valence-electron chi connectivity index (χ0n) is 15.2. The highest BCUT2D eigenvalue weighted by atomic mass is 16.5. The normalized spacial score (nSPS) is 19.2. The third-order valence-electron chi connectivity index (χ3n) is 5.58. The average molecular weight is 339 g/mol. The van der Waals surface area contributed by atoms with Crippen molar-refractivity contribution < 1.29 is 9.53 Å². The summed E-state index contributed by atoms with van der Waals surface area (Å²) in [5.74, 6) is 1.18. The van der Waals surface area contributed by atoms with Crippen LogP contribution in [0.25, 0.3) is 0 Å². The Morgan fingerprint density at radius 3 is 2.96 bits per heavy atom. The van der Waals surface area contributed by atoms with Crippen molar-refractivity contribution in [3.05, 3.63) is 46.3 Å². The number of benzene rings is 1. The summed E-state index contributed by atoms with van der Waals surface area (Å²) in [7, 11) is 1.97. The Balaban J connectivity index is 1.55. The van der Waals surface area contributed by atoms with Gasteiger partial charge in [-0.2, -0.15) is 5.10 Å². The van der Waals surface area contributed by atoms with Crippen LogP contribution in [0.3, 0.4) is 0 Å². The maximum absolute atomic E-state index is 13.0. The molecule has 0 aliphatic carbocycles. The second-order valence-electron chi connectivity index (χ2n) is 7.17. The molecule has 5 heteroatoms. The molecule has 1 amide bonds. The molecule has 2 aliphatic heterocycles. The van der Waals surface area contributed by atoms with Crippen molar-refractivity contribution in [2.45, 2.75) is 45.6 Å². The van der Waals surface area contributed by atoms with Gasteiger partial charge in [-0.15, -0.1) is 0 Å². The third kappa shape index (κ3) is 2.81. The molecular weight excluding hydrogens is 314 g/mol. The summed E-state index contributed by atoms with van der Waals surface area (Å²) in [5, 5.41) is 4.54. The highest BCUT2D eigenvalue weighted by molar-refractivity contribution is 5.79. The van der Waals surface area contributed by atoms with Crippen LogP contribution in [0, 0.1) is 13.8 Å². The molecule has 25 heavy (non-hydrogen) atoms. The molecular formula is C20H25N3O2. The predicted octanol–water partition coefficient (Wildman–Crippen LogP) is 2.88. The lowest BCUT2D eigenvalue weighted by atomic mass is 10.0. The molecule has 0 unspecified atom stereocenters. The van der Waals surface area contributed by atoms with E-state index in [0.29, 0.717) is 6.42 Å². The third-order valence-corrected chi connectivity index (χ3v) is 5.58. The number of ether oxygens (including phenoxy) is 1. The van der Waals surface area contributed by atoms with Crippen LogP contribution in [0.15, 0.2) is 18.2 Å². The fourth-order valence-electron chi connectivity index (χ4n) is 4.26. The second-order valence-corrected chi connectivity index (χ2v) is 7.17. The molecule has 1 aromatic carbocycles. The van der Waals surface area contributed by atoms with Crippen LogP contribution in [0.4, 0.5) is 0 Å². The number of rotatable bonds is 3. The van der Waals surface area contributed by atoms with E-state index in [-0.39, 0.29) is 11.9 Å².